The molecule has 0 saturated carbocycles. The standard InChI is InChI=1S/C11H12N4O2/c1-7(2)10-12-11(14-13-10)8-5-3-4-6-9(8)15(16)17/h3-7H,1-2H3,(H,12,13,14). The molecule has 0 amide bonds. The molecule has 0 atom stereocenters. The summed E-state index contributed by atoms with van der Waals surface area (Å²) in [6.45, 7) is 3.95. The van der Waals surface area contributed by atoms with Crippen LogP contribution in [0.2, 0.25) is 0 Å². The van der Waals surface area contributed by atoms with Gasteiger partial charge in [0.2, 0.25) is 0 Å². The first kappa shape index (κ1) is 11.3. The maximum absolute atomic E-state index is 10.9. The molecular formula is C11H12N4O2. The Balaban J connectivity index is 2.49. The molecule has 0 aliphatic heterocycles. The van der Waals surface area contributed by atoms with E-state index in [1.165, 1.54) is 6.07 Å². The van der Waals surface area contributed by atoms with Crippen LogP contribution in [0.1, 0.15) is 25.6 Å². The fraction of sp³-hybridized carbons (Fsp3) is 0.273. The second-order valence-electron chi connectivity index (χ2n) is 3.97. The first-order valence-electron chi connectivity index (χ1n) is 5.25. The lowest BCUT2D eigenvalue weighted by atomic mass is 10.1. The van der Waals surface area contributed by atoms with E-state index < -0.39 is 4.92 Å². The highest BCUT2D eigenvalue weighted by molar-refractivity contribution is 5.67. The summed E-state index contributed by atoms with van der Waals surface area (Å²) in [6.07, 6.45) is 0. The van der Waals surface area contributed by atoms with Crippen molar-refractivity contribution < 1.29 is 4.92 Å². The Bertz CT molecular complexity index is 548. The van der Waals surface area contributed by atoms with E-state index in [0.29, 0.717) is 11.4 Å². The first-order chi connectivity index (χ1) is 8.09. The number of benzene rings is 1. The summed E-state index contributed by atoms with van der Waals surface area (Å²) in [6, 6.07) is 6.44. The van der Waals surface area contributed by atoms with Crippen molar-refractivity contribution in [3.05, 3.63) is 40.2 Å². The van der Waals surface area contributed by atoms with Gasteiger partial charge in [0.1, 0.15) is 5.82 Å². The van der Waals surface area contributed by atoms with E-state index in [1.54, 1.807) is 18.2 Å². The average molecular weight is 232 g/mol. The van der Waals surface area contributed by atoms with Gasteiger partial charge in [0.15, 0.2) is 5.82 Å². The van der Waals surface area contributed by atoms with Gasteiger partial charge in [-0.15, -0.1) is 0 Å². The quantitative estimate of drug-likeness (QED) is 0.650. The van der Waals surface area contributed by atoms with E-state index in [4.69, 9.17) is 0 Å². The monoisotopic (exact) mass is 232 g/mol. The number of para-hydroxylation sites is 1. The maximum atomic E-state index is 10.9. The van der Waals surface area contributed by atoms with Crippen molar-refractivity contribution in [1.29, 1.82) is 0 Å². The topological polar surface area (TPSA) is 84.7 Å². The van der Waals surface area contributed by atoms with Gasteiger partial charge in [-0.2, -0.15) is 5.10 Å². The van der Waals surface area contributed by atoms with Crippen molar-refractivity contribution in [2.45, 2.75) is 19.8 Å². The van der Waals surface area contributed by atoms with Crippen LogP contribution in [0.25, 0.3) is 11.4 Å². The Labute approximate surface area is 97.9 Å². The highest BCUT2D eigenvalue weighted by Gasteiger charge is 2.18. The largest absolute Gasteiger partial charge is 0.280 e. The van der Waals surface area contributed by atoms with Crippen LogP contribution >= 0.6 is 0 Å². The molecule has 0 unspecified atom stereocenters. The molecule has 1 heterocycles. The fourth-order valence-corrected chi connectivity index (χ4v) is 1.47. The lowest BCUT2D eigenvalue weighted by Gasteiger charge is -1.97. The van der Waals surface area contributed by atoms with Crippen LogP contribution in [0.3, 0.4) is 0 Å². The number of hydrogen-bond acceptors (Lipinski definition) is 4. The molecule has 17 heavy (non-hydrogen) atoms. The van der Waals surface area contributed by atoms with Gasteiger partial charge in [-0.05, 0) is 6.07 Å². The third-order valence-electron chi connectivity index (χ3n) is 2.39. The maximum Gasteiger partial charge on any atom is 0.280 e. The van der Waals surface area contributed by atoms with Gasteiger partial charge >= 0.3 is 0 Å². The summed E-state index contributed by atoms with van der Waals surface area (Å²) in [5.74, 6) is 1.29. The summed E-state index contributed by atoms with van der Waals surface area (Å²) < 4.78 is 0. The van der Waals surface area contributed by atoms with E-state index in [1.807, 2.05) is 13.8 Å². The van der Waals surface area contributed by atoms with Crippen molar-refractivity contribution in [2.24, 2.45) is 0 Å². The highest BCUT2D eigenvalue weighted by Crippen LogP contribution is 2.27. The lowest BCUT2D eigenvalue weighted by Crippen LogP contribution is -1.93. The Morgan fingerprint density at radius 1 is 1.35 bits per heavy atom. The number of aromatic amines is 1. The zero-order valence-electron chi connectivity index (χ0n) is 9.54. The molecule has 2 rings (SSSR count). The molecule has 88 valence electrons. The van der Waals surface area contributed by atoms with Crippen LogP contribution in [0, 0.1) is 10.1 Å². The van der Waals surface area contributed by atoms with E-state index in [0.717, 1.165) is 5.82 Å². The van der Waals surface area contributed by atoms with Gasteiger partial charge in [-0.3, -0.25) is 15.2 Å². The van der Waals surface area contributed by atoms with Gasteiger partial charge in [-0.25, -0.2) is 4.98 Å². The summed E-state index contributed by atoms with van der Waals surface area (Å²) in [5, 5.41) is 17.7. The van der Waals surface area contributed by atoms with E-state index in [-0.39, 0.29) is 11.6 Å². The van der Waals surface area contributed by atoms with E-state index in [2.05, 4.69) is 15.2 Å². The first-order valence-corrected chi connectivity index (χ1v) is 5.25. The number of nitrogens with zero attached hydrogens (tertiary/aromatic N) is 3. The van der Waals surface area contributed by atoms with Crippen molar-refractivity contribution in [3.8, 4) is 11.4 Å². The number of aromatic nitrogens is 3. The highest BCUT2D eigenvalue weighted by atomic mass is 16.6. The summed E-state index contributed by atoms with van der Waals surface area (Å²) in [4.78, 5) is 14.7. The van der Waals surface area contributed by atoms with Crippen LogP contribution in [0.15, 0.2) is 24.3 Å². The summed E-state index contributed by atoms with van der Waals surface area (Å²) >= 11 is 0. The normalized spacial score (nSPS) is 10.8. The minimum atomic E-state index is -0.430. The Morgan fingerprint density at radius 2 is 2.06 bits per heavy atom. The second-order valence-corrected chi connectivity index (χ2v) is 3.97. The minimum absolute atomic E-state index is 0.0156. The molecular weight excluding hydrogens is 220 g/mol. The van der Waals surface area contributed by atoms with Crippen LogP contribution < -0.4 is 0 Å². The Morgan fingerprint density at radius 3 is 2.65 bits per heavy atom. The molecule has 0 aliphatic rings. The third-order valence-corrected chi connectivity index (χ3v) is 2.39. The smallest absolute Gasteiger partial charge is 0.262 e. The minimum Gasteiger partial charge on any atom is -0.262 e. The number of nitrogens with one attached hydrogen (secondary N) is 1. The summed E-state index contributed by atoms with van der Waals surface area (Å²) in [5.41, 5.74) is 0.447. The average Bonchev–Trinajstić information content (AvgIpc) is 2.78. The van der Waals surface area contributed by atoms with Crippen molar-refractivity contribution in [3.63, 3.8) is 0 Å². The van der Waals surface area contributed by atoms with Gasteiger partial charge in [0.25, 0.3) is 5.69 Å². The third kappa shape index (κ3) is 2.15. The van der Waals surface area contributed by atoms with Crippen LogP contribution in [-0.4, -0.2) is 20.1 Å². The number of nitro groups is 1. The number of nitro benzene ring substituents is 1. The van der Waals surface area contributed by atoms with Crippen LogP contribution in [0.4, 0.5) is 5.69 Å². The van der Waals surface area contributed by atoms with Crippen molar-refractivity contribution in [2.75, 3.05) is 0 Å². The van der Waals surface area contributed by atoms with Gasteiger partial charge < -0.3 is 0 Å². The molecule has 2 aromatic rings. The van der Waals surface area contributed by atoms with Crippen molar-refractivity contribution in [1.82, 2.24) is 15.2 Å². The van der Waals surface area contributed by atoms with Crippen LogP contribution in [-0.2, 0) is 0 Å². The zero-order chi connectivity index (χ0) is 12.4. The van der Waals surface area contributed by atoms with E-state index >= 15 is 0 Å². The van der Waals surface area contributed by atoms with Crippen molar-refractivity contribution >= 4 is 5.69 Å². The Hall–Kier alpha value is -2.24. The van der Waals surface area contributed by atoms with E-state index in [9.17, 15) is 10.1 Å². The predicted octanol–water partition coefficient (Wildman–Crippen LogP) is 2.50. The zero-order valence-corrected chi connectivity index (χ0v) is 9.54. The number of hydrogen-bond donors (Lipinski definition) is 1. The molecule has 6 nitrogen and oxygen atoms in total. The molecule has 0 saturated heterocycles. The predicted molar refractivity (Wildman–Crippen MR) is 62.6 cm³/mol. The molecule has 0 spiro atoms. The van der Waals surface area contributed by atoms with Gasteiger partial charge in [0.05, 0.1) is 10.5 Å². The molecule has 0 fully saturated rings. The molecule has 0 radical (unpaired) electrons. The fourth-order valence-electron chi connectivity index (χ4n) is 1.47. The molecule has 0 bridgehead atoms. The molecule has 1 aromatic heterocycles. The lowest BCUT2D eigenvalue weighted by molar-refractivity contribution is -0.384. The number of H-pyrrole nitrogens is 1. The van der Waals surface area contributed by atoms with Gasteiger partial charge in [0, 0.05) is 12.0 Å². The molecule has 6 heteroatoms. The van der Waals surface area contributed by atoms with Gasteiger partial charge in [-0.1, -0.05) is 26.0 Å². The Kier molecular flexibility index (Phi) is 2.86. The number of rotatable bonds is 3. The molecule has 0 aliphatic carbocycles. The SMILES string of the molecule is CC(C)c1nc(-c2ccccc2[N+](=O)[O-])n[nH]1. The summed E-state index contributed by atoms with van der Waals surface area (Å²) in [7, 11) is 0. The van der Waals surface area contributed by atoms with Crippen LogP contribution in [0.5, 0.6) is 0 Å². The molecule has 1 aromatic carbocycles. The molecule has 1 N–H and O–H groups in total. The second kappa shape index (κ2) is 4.32.